The Kier molecular flexibility index (Phi) is 1.93. The van der Waals surface area contributed by atoms with Crippen molar-refractivity contribution in [2.75, 3.05) is 0 Å². The van der Waals surface area contributed by atoms with E-state index in [4.69, 9.17) is 9.47 Å². The number of para-hydroxylation sites is 1. The van der Waals surface area contributed by atoms with Crippen molar-refractivity contribution in [2.24, 2.45) is 0 Å². The maximum atomic E-state index is 10.6. The van der Waals surface area contributed by atoms with Gasteiger partial charge >= 0.3 is 5.97 Å². The molecule has 1 aliphatic heterocycles. The highest BCUT2D eigenvalue weighted by molar-refractivity contribution is 5.66. The van der Waals surface area contributed by atoms with Crippen LogP contribution in [0, 0.1) is 0 Å². The van der Waals surface area contributed by atoms with Crippen molar-refractivity contribution in [3.05, 3.63) is 29.8 Å². The third kappa shape index (κ3) is 1.64. The van der Waals surface area contributed by atoms with Crippen LogP contribution in [-0.2, 0) is 16.0 Å². The van der Waals surface area contributed by atoms with Gasteiger partial charge in [-0.2, -0.15) is 0 Å². The molecule has 0 spiro atoms. The molecule has 1 aromatic carbocycles. The van der Waals surface area contributed by atoms with Gasteiger partial charge in [0.2, 0.25) is 6.29 Å². The molecule has 3 heteroatoms. The number of ether oxygens (including phenoxy) is 2. The first-order valence-corrected chi connectivity index (χ1v) is 4.17. The molecule has 2 rings (SSSR count). The molecule has 68 valence electrons. The molecule has 13 heavy (non-hydrogen) atoms. The maximum Gasteiger partial charge on any atom is 0.305 e. The SMILES string of the molecule is CC(=O)OC1Cc2ccccc2O1. The van der Waals surface area contributed by atoms with Crippen LogP contribution in [0.15, 0.2) is 24.3 Å². The van der Waals surface area contributed by atoms with Gasteiger partial charge < -0.3 is 9.47 Å². The molecule has 0 bridgehead atoms. The molecular formula is C10H10O3. The fourth-order valence-electron chi connectivity index (χ4n) is 1.40. The standard InChI is InChI=1S/C10H10O3/c1-7(11)12-10-6-8-4-2-3-5-9(8)13-10/h2-5,10H,6H2,1H3. The first-order valence-electron chi connectivity index (χ1n) is 4.17. The highest BCUT2D eigenvalue weighted by Crippen LogP contribution is 2.28. The van der Waals surface area contributed by atoms with Crippen LogP contribution in [0.2, 0.25) is 0 Å². The minimum atomic E-state index is -0.435. The highest BCUT2D eigenvalue weighted by Gasteiger charge is 2.24. The van der Waals surface area contributed by atoms with Gasteiger partial charge in [-0.25, -0.2) is 0 Å². The summed E-state index contributed by atoms with van der Waals surface area (Å²) in [6.45, 7) is 1.38. The Hall–Kier alpha value is -1.51. The largest absolute Gasteiger partial charge is 0.454 e. The predicted molar refractivity (Wildman–Crippen MR) is 46.3 cm³/mol. The Balaban J connectivity index is 2.09. The van der Waals surface area contributed by atoms with Gasteiger partial charge in [0.1, 0.15) is 5.75 Å². The third-order valence-corrected chi connectivity index (χ3v) is 1.92. The number of benzene rings is 1. The molecule has 1 aromatic rings. The van der Waals surface area contributed by atoms with Gasteiger partial charge in [-0.15, -0.1) is 0 Å². The minimum Gasteiger partial charge on any atom is -0.454 e. The molecule has 1 heterocycles. The summed E-state index contributed by atoms with van der Waals surface area (Å²) in [5.41, 5.74) is 1.09. The molecule has 0 fully saturated rings. The van der Waals surface area contributed by atoms with Crippen LogP contribution in [-0.4, -0.2) is 12.3 Å². The number of hydrogen-bond acceptors (Lipinski definition) is 3. The van der Waals surface area contributed by atoms with E-state index >= 15 is 0 Å². The molecule has 0 aliphatic carbocycles. The number of rotatable bonds is 1. The number of carbonyl (C=O) groups excluding carboxylic acids is 1. The van der Waals surface area contributed by atoms with E-state index in [1.807, 2.05) is 24.3 Å². The van der Waals surface area contributed by atoms with E-state index in [2.05, 4.69) is 0 Å². The van der Waals surface area contributed by atoms with Crippen LogP contribution in [0.3, 0.4) is 0 Å². The minimum absolute atomic E-state index is 0.308. The summed E-state index contributed by atoms with van der Waals surface area (Å²) < 4.78 is 10.3. The topological polar surface area (TPSA) is 35.5 Å². The van der Waals surface area contributed by atoms with Gasteiger partial charge in [0.25, 0.3) is 0 Å². The Morgan fingerprint density at radius 1 is 1.54 bits per heavy atom. The second kappa shape index (κ2) is 3.09. The van der Waals surface area contributed by atoms with E-state index in [0.717, 1.165) is 11.3 Å². The van der Waals surface area contributed by atoms with Crippen LogP contribution >= 0.6 is 0 Å². The Labute approximate surface area is 76.3 Å². The summed E-state index contributed by atoms with van der Waals surface area (Å²) in [5, 5.41) is 0. The summed E-state index contributed by atoms with van der Waals surface area (Å²) >= 11 is 0. The number of carbonyl (C=O) groups is 1. The smallest absolute Gasteiger partial charge is 0.305 e. The molecule has 1 atom stereocenters. The van der Waals surface area contributed by atoms with E-state index in [0.29, 0.717) is 6.42 Å². The van der Waals surface area contributed by atoms with Crippen LogP contribution in [0.1, 0.15) is 12.5 Å². The average molecular weight is 178 g/mol. The quantitative estimate of drug-likeness (QED) is 0.611. The van der Waals surface area contributed by atoms with Crippen LogP contribution in [0.5, 0.6) is 5.75 Å². The zero-order chi connectivity index (χ0) is 9.26. The second-order valence-corrected chi connectivity index (χ2v) is 2.97. The van der Waals surface area contributed by atoms with Crippen molar-refractivity contribution in [2.45, 2.75) is 19.6 Å². The zero-order valence-electron chi connectivity index (χ0n) is 7.32. The Morgan fingerprint density at radius 3 is 3.00 bits per heavy atom. The average Bonchev–Trinajstić information content (AvgIpc) is 2.44. The lowest BCUT2D eigenvalue weighted by Gasteiger charge is -2.09. The summed E-state index contributed by atoms with van der Waals surface area (Å²) in [6, 6.07) is 7.69. The predicted octanol–water partition coefficient (Wildman–Crippen LogP) is 1.51. The molecule has 1 unspecified atom stereocenters. The molecule has 0 amide bonds. The van der Waals surface area contributed by atoms with Crippen LogP contribution < -0.4 is 4.74 Å². The fourth-order valence-corrected chi connectivity index (χ4v) is 1.40. The maximum absolute atomic E-state index is 10.6. The summed E-state index contributed by atoms with van der Waals surface area (Å²) in [6.07, 6.45) is 0.213. The Morgan fingerprint density at radius 2 is 2.31 bits per heavy atom. The van der Waals surface area contributed by atoms with E-state index in [1.54, 1.807) is 0 Å². The number of fused-ring (bicyclic) bond motifs is 1. The second-order valence-electron chi connectivity index (χ2n) is 2.97. The molecule has 0 radical (unpaired) electrons. The molecule has 0 aromatic heterocycles. The van der Waals surface area contributed by atoms with Crippen molar-refractivity contribution in [3.63, 3.8) is 0 Å². The van der Waals surface area contributed by atoms with Gasteiger partial charge in [0, 0.05) is 12.5 Å². The lowest BCUT2D eigenvalue weighted by atomic mass is 10.2. The summed E-state index contributed by atoms with van der Waals surface area (Å²) in [7, 11) is 0. The van der Waals surface area contributed by atoms with E-state index in [1.165, 1.54) is 6.92 Å². The molecular weight excluding hydrogens is 168 g/mol. The highest BCUT2D eigenvalue weighted by atomic mass is 16.7. The first-order chi connectivity index (χ1) is 6.25. The van der Waals surface area contributed by atoms with Crippen molar-refractivity contribution >= 4 is 5.97 Å². The van der Waals surface area contributed by atoms with E-state index < -0.39 is 6.29 Å². The van der Waals surface area contributed by atoms with Gasteiger partial charge in [0.05, 0.1) is 6.42 Å². The first kappa shape index (κ1) is 8.10. The number of hydrogen-bond donors (Lipinski definition) is 0. The van der Waals surface area contributed by atoms with E-state index in [9.17, 15) is 4.79 Å². The monoisotopic (exact) mass is 178 g/mol. The van der Waals surface area contributed by atoms with Crippen LogP contribution in [0.25, 0.3) is 0 Å². The zero-order valence-corrected chi connectivity index (χ0v) is 7.32. The molecule has 3 nitrogen and oxygen atoms in total. The normalized spacial score (nSPS) is 19.0. The lowest BCUT2D eigenvalue weighted by molar-refractivity contribution is -0.158. The summed E-state index contributed by atoms with van der Waals surface area (Å²) in [5.74, 6) is 0.506. The van der Waals surface area contributed by atoms with Gasteiger partial charge in [-0.3, -0.25) is 4.79 Å². The van der Waals surface area contributed by atoms with Gasteiger partial charge in [-0.05, 0) is 6.07 Å². The van der Waals surface area contributed by atoms with Crippen molar-refractivity contribution in [1.82, 2.24) is 0 Å². The molecule has 1 aliphatic rings. The Bertz CT molecular complexity index is 308. The molecule has 0 saturated heterocycles. The summed E-state index contributed by atoms with van der Waals surface area (Å²) in [4.78, 5) is 10.6. The van der Waals surface area contributed by atoms with Crippen molar-refractivity contribution in [1.29, 1.82) is 0 Å². The van der Waals surface area contributed by atoms with E-state index in [-0.39, 0.29) is 5.97 Å². The van der Waals surface area contributed by atoms with Crippen molar-refractivity contribution in [3.8, 4) is 5.75 Å². The van der Waals surface area contributed by atoms with Crippen LogP contribution in [0.4, 0.5) is 0 Å². The van der Waals surface area contributed by atoms with Gasteiger partial charge in [-0.1, -0.05) is 18.2 Å². The molecule has 0 N–H and O–H groups in total. The lowest BCUT2D eigenvalue weighted by Crippen LogP contribution is -2.20. The third-order valence-electron chi connectivity index (χ3n) is 1.92. The van der Waals surface area contributed by atoms with Crippen molar-refractivity contribution < 1.29 is 14.3 Å². The molecule has 0 saturated carbocycles. The number of esters is 1. The van der Waals surface area contributed by atoms with Gasteiger partial charge in [0.15, 0.2) is 0 Å². The fraction of sp³-hybridized carbons (Fsp3) is 0.300.